The van der Waals surface area contributed by atoms with E-state index >= 15 is 0 Å². The van der Waals surface area contributed by atoms with Crippen LogP contribution in [0.15, 0.2) is 0 Å². The van der Waals surface area contributed by atoms with Crippen LogP contribution in [0.25, 0.3) is 0 Å². The molecule has 5 nitrogen and oxygen atoms in total. The highest BCUT2D eigenvalue weighted by molar-refractivity contribution is 5.91. The standard InChI is InChI=1S/C11H20N2O3/c1-7(2)8(9(14)16-3)13-10(15)11(12)5-4-6-11/h7-8H,4-6,12H2,1-3H3,(H,13,15)/t8-/m0/s1. The minimum atomic E-state index is -0.777. The Morgan fingerprint density at radius 2 is 1.94 bits per heavy atom. The van der Waals surface area contributed by atoms with E-state index in [1.807, 2.05) is 13.8 Å². The van der Waals surface area contributed by atoms with Crippen LogP contribution < -0.4 is 11.1 Å². The molecular formula is C11H20N2O3. The van der Waals surface area contributed by atoms with E-state index in [-0.39, 0.29) is 11.8 Å². The molecule has 1 aliphatic carbocycles. The number of nitrogens with one attached hydrogen (secondary N) is 1. The Bertz CT molecular complexity index is 285. The third kappa shape index (κ3) is 2.52. The molecule has 0 bridgehead atoms. The van der Waals surface area contributed by atoms with Gasteiger partial charge in [0.2, 0.25) is 5.91 Å². The van der Waals surface area contributed by atoms with Crippen molar-refractivity contribution < 1.29 is 14.3 Å². The average Bonchev–Trinajstić information content (AvgIpc) is 2.20. The number of nitrogens with two attached hydrogens (primary N) is 1. The van der Waals surface area contributed by atoms with Gasteiger partial charge in [0.1, 0.15) is 6.04 Å². The van der Waals surface area contributed by atoms with E-state index in [9.17, 15) is 9.59 Å². The highest BCUT2D eigenvalue weighted by atomic mass is 16.5. The first-order chi connectivity index (χ1) is 7.40. The van der Waals surface area contributed by atoms with Gasteiger partial charge < -0.3 is 15.8 Å². The Kier molecular flexibility index (Phi) is 3.91. The molecule has 1 saturated carbocycles. The molecule has 92 valence electrons. The number of carbonyl (C=O) groups is 2. The third-order valence-corrected chi connectivity index (χ3v) is 3.11. The molecule has 1 aliphatic rings. The van der Waals surface area contributed by atoms with E-state index in [0.717, 1.165) is 6.42 Å². The first-order valence-corrected chi connectivity index (χ1v) is 5.58. The maximum atomic E-state index is 11.8. The maximum Gasteiger partial charge on any atom is 0.328 e. The molecule has 0 saturated heterocycles. The van der Waals surface area contributed by atoms with Crippen LogP contribution in [0, 0.1) is 5.92 Å². The van der Waals surface area contributed by atoms with Crippen LogP contribution in [0.3, 0.4) is 0 Å². The molecule has 0 unspecified atom stereocenters. The van der Waals surface area contributed by atoms with Gasteiger partial charge in [0.05, 0.1) is 12.6 Å². The first-order valence-electron chi connectivity index (χ1n) is 5.58. The zero-order valence-electron chi connectivity index (χ0n) is 10.1. The fourth-order valence-corrected chi connectivity index (χ4v) is 1.69. The summed E-state index contributed by atoms with van der Waals surface area (Å²) in [5.41, 5.74) is 5.10. The van der Waals surface area contributed by atoms with Crippen LogP contribution in [0.2, 0.25) is 0 Å². The SMILES string of the molecule is COC(=O)[C@@H](NC(=O)C1(N)CCC1)C(C)C. The van der Waals surface area contributed by atoms with Crippen LogP contribution in [-0.4, -0.2) is 30.6 Å². The normalized spacial score (nSPS) is 19.8. The number of esters is 1. The molecule has 0 heterocycles. The van der Waals surface area contributed by atoms with Gasteiger partial charge in [-0.2, -0.15) is 0 Å². The van der Waals surface area contributed by atoms with Crippen molar-refractivity contribution in [1.29, 1.82) is 0 Å². The van der Waals surface area contributed by atoms with Gasteiger partial charge in [-0.25, -0.2) is 4.79 Å². The molecular weight excluding hydrogens is 208 g/mol. The highest BCUT2D eigenvalue weighted by Crippen LogP contribution is 2.29. The van der Waals surface area contributed by atoms with Crippen LogP contribution in [0.4, 0.5) is 0 Å². The van der Waals surface area contributed by atoms with Gasteiger partial charge in [0, 0.05) is 0 Å². The Morgan fingerprint density at radius 1 is 1.38 bits per heavy atom. The smallest absolute Gasteiger partial charge is 0.328 e. The molecule has 0 aromatic rings. The summed E-state index contributed by atoms with van der Waals surface area (Å²) in [5.74, 6) is -0.686. The highest BCUT2D eigenvalue weighted by Gasteiger charge is 2.42. The fraction of sp³-hybridized carbons (Fsp3) is 0.818. The minimum Gasteiger partial charge on any atom is -0.467 e. The summed E-state index contributed by atoms with van der Waals surface area (Å²) in [6.07, 6.45) is 2.34. The summed E-state index contributed by atoms with van der Waals surface area (Å²) in [5, 5.41) is 2.67. The van der Waals surface area contributed by atoms with Crippen molar-refractivity contribution in [3.05, 3.63) is 0 Å². The quantitative estimate of drug-likeness (QED) is 0.673. The van der Waals surface area contributed by atoms with Crippen molar-refractivity contribution >= 4 is 11.9 Å². The number of rotatable bonds is 4. The summed E-state index contributed by atoms with van der Waals surface area (Å²) in [6, 6.07) is -0.612. The van der Waals surface area contributed by atoms with Crippen LogP contribution in [-0.2, 0) is 14.3 Å². The number of carbonyl (C=O) groups excluding carboxylic acids is 2. The van der Waals surface area contributed by atoms with E-state index in [4.69, 9.17) is 5.73 Å². The van der Waals surface area contributed by atoms with E-state index < -0.39 is 17.6 Å². The van der Waals surface area contributed by atoms with E-state index in [1.54, 1.807) is 0 Å². The summed E-state index contributed by atoms with van der Waals surface area (Å²) in [4.78, 5) is 23.3. The molecule has 1 fully saturated rings. The number of ether oxygens (including phenoxy) is 1. The average molecular weight is 228 g/mol. The van der Waals surface area contributed by atoms with Crippen molar-refractivity contribution in [3.63, 3.8) is 0 Å². The van der Waals surface area contributed by atoms with Crippen molar-refractivity contribution in [1.82, 2.24) is 5.32 Å². The van der Waals surface area contributed by atoms with Gasteiger partial charge in [-0.05, 0) is 25.2 Å². The second-order valence-electron chi connectivity index (χ2n) is 4.73. The fourth-order valence-electron chi connectivity index (χ4n) is 1.69. The Labute approximate surface area is 95.7 Å². The molecule has 3 N–H and O–H groups in total. The van der Waals surface area contributed by atoms with Gasteiger partial charge >= 0.3 is 5.97 Å². The number of hydrogen-bond donors (Lipinski definition) is 2. The van der Waals surface area contributed by atoms with Crippen molar-refractivity contribution in [3.8, 4) is 0 Å². The molecule has 0 aromatic heterocycles. The van der Waals surface area contributed by atoms with E-state index in [0.29, 0.717) is 12.8 Å². The lowest BCUT2D eigenvalue weighted by Gasteiger charge is -2.37. The molecule has 1 rings (SSSR count). The topological polar surface area (TPSA) is 81.4 Å². The molecule has 16 heavy (non-hydrogen) atoms. The minimum absolute atomic E-state index is 0.0138. The van der Waals surface area contributed by atoms with Gasteiger partial charge in [0.15, 0.2) is 0 Å². The lowest BCUT2D eigenvalue weighted by Crippen LogP contribution is -2.61. The van der Waals surface area contributed by atoms with Crippen molar-refractivity contribution in [2.45, 2.75) is 44.7 Å². The zero-order valence-corrected chi connectivity index (χ0v) is 10.1. The third-order valence-electron chi connectivity index (χ3n) is 3.11. The largest absolute Gasteiger partial charge is 0.467 e. The molecule has 0 spiro atoms. The van der Waals surface area contributed by atoms with Crippen molar-refractivity contribution in [2.75, 3.05) is 7.11 Å². The van der Waals surface area contributed by atoms with Gasteiger partial charge in [-0.15, -0.1) is 0 Å². The summed E-state index contributed by atoms with van der Waals surface area (Å²) >= 11 is 0. The molecule has 0 aromatic carbocycles. The van der Waals surface area contributed by atoms with Gasteiger partial charge in [-0.1, -0.05) is 13.8 Å². The maximum absolute atomic E-state index is 11.8. The Morgan fingerprint density at radius 3 is 2.25 bits per heavy atom. The molecule has 0 radical (unpaired) electrons. The molecule has 0 aliphatic heterocycles. The van der Waals surface area contributed by atoms with Crippen molar-refractivity contribution in [2.24, 2.45) is 11.7 Å². The molecule has 1 amide bonds. The van der Waals surface area contributed by atoms with Crippen LogP contribution in [0.5, 0.6) is 0 Å². The van der Waals surface area contributed by atoms with Gasteiger partial charge in [-0.3, -0.25) is 4.79 Å². The second kappa shape index (κ2) is 4.82. The zero-order chi connectivity index (χ0) is 12.3. The summed E-state index contributed by atoms with van der Waals surface area (Å²) < 4.78 is 4.64. The van der Waals surface area contributed by atoms with Crippen LogP contribution >= 0.6 is 0 Å². The Hall–Kier alpha value is -1.10. The summed E-state index contributed by atoms with van der Waals surface area (Å²) in [7, 11) is 1.31. The molecule has 5 heteroatoms. The molecule has 1 atom stereocenters. The van der Waals surface area contributed by atoms with E-state index in [2.05, 4.69) is 10.1 Å². The summed E-state index contributed by atoms with van der Waals surface area (Å²) in [6.45, 7) is 3.71. The lowest BCUT2D eigenvalue weighted by atomic mass is 9.77. The van der Waals surface area contributed by atoms with Crippen LogP contribution in [0.1, 0.15) is 33.1 Å². The van der Waals surface area contributed by atoms with E-state index in [1.165, 1.54) is 7.11 Å². The van der Waals surface area contributed by atoms with Gasteiger partial charge in [0.25, 0.3) is 0 Å². The lowest BCUT2D eigenvalue weighted by molar-refractivity contribution is -0.147. The number of hydrogen-bond acceptors (Lipinski definition) is 4. The predicted molar refractivity (Wildman–Crippen MR) is 59.6 cm³/mol. The second-order valence-corrected chi connectivity index (χ2v) is 4.73. The number of amides is 1. The first kappa shape index (κ1) is 13.0. The predicted octanol–water partition coefficient (Wildman–Crippen LogP) is 0.182. The Balaban J connectivity index is 2.61. The monoisotopic (exact) mass is 228 g/mol. The number of methoxy groups -OCH3 is 1.